The largest absolute Gasteiger partial charge is 0.376 e. The quantitative estimate of drug-likeness (QED) is 0.803. The fourth-order valence-corrected chi connectivity index (χ4v) is 2.62. The summed E-state index contributed by atoms with van der Waals surface area (Å²) in [5, 5.41) is 0.452. The molecular weight excluding hydrogens is 287 g/mol. The summed E-state index contributed by atoms with van der Waals surface area (Å²) in [6.45, 7) is 3.95. The van der Waals surface area contributed by atoms with E-state index in [1.165, 1.54) is 12.1 Å². The molecule has 0 aromatic carbocycles. The second-order valence-electron chi connectivity index (χ2n) is 4.48. The molecular formula is C13H16Cl2N2O2. The van der Waals surface area contributed by atoms with Gasteiger partial charge in [0.05, 0.1) is 6.10 Å². The molecule has 1 aliphatic rings. The smallest absolute Gasteiger partial charge is 0.254 e. The molecule has 2 heterocycles. The first-order valence-corrected chi connectivity index (χ1v) is 7.09. The van der Waals surface area contributed by atoms with Crippen LogP contribution in [0.1, 0.15) is 30.1 Å². The van der Waals surface area contributed by atoms with Crippen LogP contribution in [0, 0.1) is 0 Å². The lowest BCUT2D eigenvalue weighted by Crippen LogP contribution is -2.37. The van der Waals surface area contributed by atoms with Crippen molar-refractivity contribution in [2.24, 2.45) is 0 Å². The SMILES string of the molecule is CCN(CC1CCCO1)C(=O)c1cc(Cl)nc(Cl)c1. The minimum absolute atomic E-state index is 0.0933. The van der Waals surface area contributed by atoms with Gasteiger partial charge >= 0.3 is 0 Å². The fraction of sp³-hybridized carbons (Fsp3) is 0.538. The minimum Gasteiger partial charge on any atom is -0.376 e. The van der Waals surface area contributed by atoms with Gasteiger partial charge in [0.2, 0.25) is 0 Å². The number of hydrogen-bond acceptors (Lipinski definition) is 3. The average molecular weight is 303 g/mol. The van der Waals surface area contributed by atoms with Gasteiger partial charge in [-0.2, -0.15) is 0 Å². The van der Waals surface area contributed by atoms with Gasteiger partial charge < -0.3 is 9.64 Å². The molecule has 1 atom stereocenters. The molecule has 1 unspecified atom stereocenters. The summed E-state index contributed by atoms with van der Waals surface area (Å²) in [7, 11) is 0. The molecule has 19 heavy (non-hydrogen) atoms. The lowest BCUT2D eigenvalue weighted by Gasteiger charge is -2.24. The van der Waals surface area contributed by atoms with E-state index >= 15 is 0 Å². The van der Waals surface area contributed by atoms with Crippen LogP contribution < -0.4 is 0 Å². The number of amides is 1. The van der Waals surface area contributed by atoms with Crippen molar-refractivity contribution < 1.29 is 9.53 Å². The molecule has 0 N–H and O–H groups in total. The Balaban J connectivity index is 2.10. The zero-order valence-corrected chi connectivity index (χ0v) is 12.2. The Labute approximate surface area is 122 Å². The number of likely N-dealkylation sites (N-methyl/N-ethyl adjacent to an activating group) is 1. The summed E-state index contributed by atoms with van der Waals surface area (Å²) in [4.78, 5) is 18.0. The third kappa shape index (κ3) is 3.81. The number of nitrogens with zero attached hydrogens (tertiary/aromatic N) is 2. The van der Waals surface area contributed by atoms with Crippen LogP contribution in [0.2, 0.25) is 10.3 Å². The van der Waals surface area contributed by atoms with Gasteiger partial charge in [-0.3, -0.25) is 4.79 Å². The van der Waals surface area contributed by atoms with Crippen molar-refractivity contribution in [2.75, 3.05) is 19.7 Å². The molecule has 1 aliphatic heterocycles. The van der Waals surface area contributed by atoms with E-state index in [1.807, 2.05) is 6.92 Å². The van der Waals surface area contributed by atoms with Crippen molar-refractivity contribution in [1.29, 1.82) is 0 Å². The molecule has 4 nitrogen and oxygen atoms in total. The van der Waals surface area contributed by atoms with E-state index in [2.05, 4.69) is 4.98 Å². The number of pyridine rings is 1. The number of ether oxygens (including phenoxy) is 1. The fourth-order valence-electron chi connectivity index (χ4n) is 2.16. The van der Waals surface area contributed by atoms with Crippen LogP contribution in [0.4, 0.5) is 0 Å². The Bertz CT molecular complexity index is 442. The summed E-state index contributed by atoms with van der Waals surface area (Å²) < 4.78 is 5.56. The molecule has 0 aliphatic carbocycles. The van der Waals surface area contributed by atoms with Crippen molar-refractivity contribution in [1.82, 2.24) is 9.88 Å². The Hall–Kier alpha value is -0.840. The van der Waals surface area contributed by atoms with Crippen LogP contribution in [0.15, 0.2) is 12.1 Å². The Morgan fingerprint density at radius 2 is 2.16 bits per heavy atom. The predicted octanol–water partition coefficient (Wildman–Crippen LogP) is 3.03. The highest BCUT2D eigenvalue weighted by Crippen LogP contribution is 2.18. The third-order valence-electron chi connectivity index (χ3n) is 3.13. The molecule has 0 bridgehead atoms. The van der Waals surface area contributed by atoms with Crippen molar-refractivity contribution in [3.8, 4) is 0 Å². The van der Waals surface area contributed by atoms with Crippen molar-refractivity contribution in [3.05, 3.63) is 28.0 Å². The second-order valence-corrected chi connectivity index (χ2v) is 5.25. The van der Waals surface area contributed by atoms with Gasteiger partial charge in [0.1, 0.15) is 10.3 Å². The van der Waals surface area contributed by atoms with Crippen LogP contribution in [0.3, 0.4) is 0 Å². The first-order chi connectivity index (χ1) is 9.10. The Kier molecular flexibility index (Phi) is 5.02. The molecule has 1 amide bonds. The summed E-state index contributed by atoms with van der Waals surface area (Å²) in [6, 6.07) is 3.07. The topological polar surface area (TPSA) is 42.4 Å². The van der Waals surface area contributed by atoms with Gasteiger partial charge in [0.25, 0.3) is 5.91 Å². The van der Waals surface area contributed by atoms with E-state index in [0.717, 1.165) is 19.4 Å². The highest BCUT2D eigenvalue weighted by molar-refractivity contribution is 6.33. The molecule has 1 fully saturated rings. The van der Waals surface area contributed by atoms with E-state index in [9.17, 15) is 4.79 Å². The molecule has 1 saturated heterocycles. The molecule has 0 radical (unpaired) electrons. The van der Waals surface area contributed by atoms with E-state index in [-0.39, 0.29) is 22.3 Å². The normalized spacial score (nSPS) is 18.6. The first kappa shape index (κ1) is 14.6. The average Bonchev–Trinajstić information content (AvgIpc) is 2.86. The maximum atomic E-state index is 12.4. The van der Waals surface area contributed by atoms with Crippen LogP contribution >= 0.6 is 23.2 Å². The monoisotopic (exact) mass is 302 g/mol. The maximum Gasteiger partial charge on any atom is 0.254 e. The summed E-state index contributed by atoms with van der Waals surface area (Å²) in [5.41, 5.74) is 0.463. The zero-order valence-electron chi connectivity index (χ0n) is 10.7. The van der Waals surface area contributed by atoms with Gasteiger partial charge in [-0.15, -0.1) is 0 Å². The van der Waals surface area contributed by atoms with Gasteiger partial charge in [0.15, 0.2) is 0 Å². The van der Waals surface area contributed by atoms with Gasteiger partial charge in [-0.25, -0.2) is 4.98 Å². The van der Waals surface area contributed by atoms with Crippen molar-refractivity contribution >= 4 is 29.1 Å². The van der Waals surface area contributed by atoms with Gasteiger partial charge in [-0.05, 0) is 31.9 Å². The lowest BCUT2D eigenvalue weighted by molar-refractivity contribution is 0.0539. The molecule has 1 aromatic heterocycles. The number of halogens is 2. The van der Waals surface area contributed by atoms with Crippen molar-refractivity contribution in [2.45, 2.75) is 25.9 Å². The van der Waals surface area contributed by atoms with Crippen LogP contribution in [0.25, 0.3) is 0 Å². The second kappa shape index (κ2) is 6.55. The van der Waals surface area contributed by atoms with Gasteiger partial charge in [0, 0.05) is 25.3 Å². The Morgan fingerprint density at radius 3 is 2.68 bits per heavy atom. The van der Waals surface area contributed by atoms with Crippen molar-refractivity contribution in [3.63, 3.8) is 0 Å². The minimum atomic E-state index is -0.0933. The molecule has 2 rings (SSSR count). The number of carbonyl (C=O) groups is 1. The number of aromatic nitrogens is 1. The molecule has 104 valence electrons. The predicted molar refractivity (Wildman–Crippen MR) is 74.8 cm³/mol. The Morgan fingerprint density at radius 1 is 1.47 bits per heavy atom. The number of hydrogen-bond donors (Lipinski definition) is 0. The van der Waals surface area contributed by atoms with E-state index in [1.54, 1.807) is 4.90 Å². The highest BCUT2D eigenvalue weighted by Gasteiger charge is 2.22. The van der Waals surface area contributed by atoms with Gasteiger partial charge in [-0.1, -0.05) is 23.2 Å². The zero-order chi connectivity index (χ0) is 13.8. The van der Waals surface area contributed by atoms with Crippen LogP contribution in [-0.2, 0) is 4.74 Å². The molecule has 6 heteroatoms. The molecule has 1 aromatic rings. The van der Waals surface area contributed by atoms with E-state index in [4.69, 9.17) is 27.9 Å². The maximum absolute atomic E-state index is 12.4. The van der Waals surface area contributed by atoms with E-state index < -0.39 is 0 Å². The highest BCUT2D eigenvalue weighted by atomic mass is 35.5. The molecule has 0 saturated carbocycles. The first-order valence-electron chi connectivity index (χ1n) is 6.34. The summed E-state index contributed by atoms with van der Waals surface area (Å²) >= 11 is 11.6. The van der Waals surface area contributed by atoms with Crippen LogP contribution in [-0.4, -0.2) is 41.6 Å². The van der Waals surface area contributed by atoms with E-state index in [0.29, 0.717) is 18.7 Å². The number of rotatable bonds is 4. The number of carbonyl (C=O) groups excluding carboxylic acids is 1. The summed E-state index contributed by atoms with van der Waals surface area (Å²) in [5.74, 6) is -0.0933. The molecule has 0 spiro atoms. The third-order valence-corrected chi connectivity index (χ3v) is 3.51. The lowest BCUT2D eigenvalue weighted by atomic mass is 10.2. The standard InChI is InChI=1S/C13H16Cl2N2O2/c1-2-17(8-10-4-3-5-19-10)13(18)9-6-11(14)16-12(15)7-9/h6-7,10H,2-5,8H2,1H3. The van der Waals surface area contributed by atoms with Crippen LogP contribution in [0.5, 0.6) is 0 Å². The summed E-state index contributed by atoms with van der Waals surface area (Å²) in [6.07, 6.45) is 2.20.